The highest BCUT2D eigenvalue weighted by molar-refractivity contribution is 4.80. The van der Waals surface area contributed by atoms with Crippen LogP contribution in [0.2, 0.25) is 0 Å². The average molecular weight is 141 g/mol. The molecule has 1 fully saturated rings. The van der Waals surface area contributed by atoms with Crippen LogP contribution in [-0.2, 0) is 0 Å². The Morgan fingerprint density at radius 2 is 1.90 bits per heavy atom. The van der Waals surface area contributed by atoms with Gasteiger partial charge in [-0.25, -0.2) is 0 Å². The van der Waals surface area contributed by atoms with Crippen molar-refractivity contribution in [1.82, 2.24) is 4.90 Å². The van der Waals surface area contributed by atoms with Gasteiger partial charge >= 0.3 is 0 Å². The van der Waals surface area contributed by atoms with E-state index in [1.54, 1.807) is 0 Å². The highest BCUT2D eigenvalue weighted by Crippen LogP contribution is 2.27. The quantitative estimate of drug-likeness (QED) is 0.538. The molecule has 0 aromatic rings. The third-order valence-electron chi connectivity index (χ3n) is 2.71. The van der Waals surface area contributed by atoms with Crippen molar-refractivity contribution in [3.8, 4) is 0 Å². The van der Waals surface area contributed by atoms with Gasteiger partial charge < -0.3 is 4.90 Å². The van der Waals surface area contributed by atoms with Crippen LogP contribution in [0.25, 0.3) is 0 Å². The largest absolute Gasteiger partial charge is 0.306 e. The monoisotopic (exact) mass is 141 g/mol. The molecule has 1 aliphatic heterocycles. The van der Waals surface area contributed by atoms with E-state index in [1.165, 1.54) is 13.1 Å². The van der Waals surface area contributed by atoms with Gasteiger partial charge in [-0.15, -0.1) is 0 Å². The first-order chi connectivity index (χ1) is 4.61. The van der Waals surface area contributed by atoms with Gasteiger partial charge in [0, 0.05) is 13.1 Å². The minimum absolute atomic E-state index is 0.861. The summed E-state index contributed by atoms with van der Waals surface area (Å²) in [7, 11) is 2.22. The van der Waals surface area contributed by atoms with E-state index in [-0.39, 0.29) is 0 Å². The molecule has 60 valence electrons. The van der Waals surface area contributed by atoms with Crippen molar-refractivity contribution in [3.63, 3.8) is 0 Å². The molecule has 0 amide bonds. The summed E-state index contributed by atoms with van der Waals surface area (Å²) >= 11 is 0. The Balaban J connectivity index is 2.46. The van der Waals surface area contributed by atoms with E-state index in [1.807, 2.05) is 0 Å². The van der Waals surface area contributed by atoms with Crippen molar-refractivity contribution in [1.29, 1.82) is 0 Å². The molecule has 1 heterocycles. The summed E-state index contributed by atoms with van der Waals surface area (Å²) < 4.78 is 0. The van der Waals surface area contributed by atoms with Gasteiger partial charge in [-0.2, -0.15) is 0 Å². The maximum absolute atomic E-state index is 2.44. The minimum atomic E-state index is 0.861. The van der Waals surface area contributed by atoms with E-state index in [0.717, 1.165) is 17.8 Å². The summed E-state index contributed by atoms with van der Waals surface area (Å²) in [5, 5.41) is 0. The molecule has 1 saturated heterocycles. The number of rotatable bonds is 1. The lowest BCUT2D eigenvalue weighted by Gasteiger charge is -2.17. The normalized spacial score (nSPS) is 35.7. The smallest absolute Gasteiger partial charge is 0.00122 e. The van der Waals surface area contributed by atoms with E-state index in [9.17, 15) is 0 Å². The minimum Gasteiger partial charge on any atom is -0.306 e. The molecule has 1 nitrogen and oxygen atoms in total. The van der Waals surface area contributed by atoms with Crippen LogP contribution in [0.4, 0.5) is 0 Å². The van der Waals surface area contributed by atoms with Gasteiger partial charge in [-0.05, 0) is 24.8 Å². The van der Waals surface area contributed by atoms with Crippen LogP contribution >= 0.6 is 0 Å². The topological polar surface area (TPSA) is 3.24 Å². The fourth-order valence-electron chi connectivity index (χ4n) is 2.11. The van der Waals surface area contributed by atoms with Gasteiger partial charge in [0.1, 0.15) is 0 Å². The van der Waals surface area contributed by atoms with E-state index >= 15 is 0 Å². The van der Waals surface area contributed by atoms with E-state index in [4.69, 9.17) is 0 Å². The van der Waals surface area contributed by atoms with Crippen LogP contribution in [0.5, 0.6) is 0 Å². The van der Waals surface area contributed by atoms with Crippen LogP contribution in [0.1, 0.15) is 20.8 Å². The summed E-state index contributed by atoms with van der Waals surface area (Å²) in [4.78, 5) is 2.44. The lowest BCUT2D eigenvalue weighted by atomic mass is 9.88. The second-order valence-electron chi connectivity index (χ2n) is 4.11. The first kappa shape index (κ1) is 8.06. The zero-order chi connectivity index (χ0) is 7.72. The third kappa shape index (κ3) is 1.51. The maximum atomic E-state index is 2.44. The standard InChI is InChI=1S/C9H19N/c1-7(2)9-6-10(4)5-8(9)3/h7-9H,5-6H2,1-4H3/t8-,9+/m1/s1. The van der Waals surface area contributed by atoms with Crippen molar-refractivity contribution in [3.05, 3.63) is 0 Å². The summed E-state index contributed by atoms with van der Waals surface area (Å²) in [6.45, 7) is 9.64. The molecule has 10 heavy (non-hydrogen) atoms. The molecule has 0 aromatic heterocycles. The van der Waals surface area contributed by atoms with Gasteiger partial charge in [0.25, 0.3) is 0 Å². The third-order valence-corrected chi connectivity index (χ3v) is 2.71. The van der Waals surface area contributed by atoms with Crippen LogP contribution in [0, 0.1) is 17.8 Å². The Kier molecular flexibility index (Phi) is 2.35. The fraction of sp³-hybridized carbons (Fsp3) is 1.00. The summed E-state index contributed by atoms with van der Waals surface area (Å²) in [6, 6.07) is 0. The molecule has 0 aliphatic carbocycles. The first-order valence-electron chi connectivity index (χ1n) is 4.29. The van der Waals surface area contributed by atoms with Crippen molar-refractivity contribution >= 4 is 0 Å². The first-order valence-corrected chi connectivity index (χ1v) is 4.29. The van der Waals surface area contributed by atoms with Gasteiger partial charge in [0.05, 0.1) is 0 Å². The average Bonchev–Trinajstić information content (AvgIpc) is 2.10. The predicted molar refractivity (Wildman–Crippen MR) is 45.0 cm³/mol. The Morgan fingerprint density at radius 3 is 2.10 bits per heavy atom. The molecule has 1 heteroatoms. The van der Waals surface area contributed by atoms with Gasteiger partial charge in [-0.3, -0.25) is 0 Å². The molecule has 0 bridgehead atoms. The van der Waals surface area contributed by atoms with Gasteiger partial charge in [0.15, 0.2) is 0 Å². The second-order valence-corrected chi connectivity index (χ2v) is 4.11. The summed E-state index contributed by atoms with van der Waals surface area (Å²) in [5.74, 6) is 2.70. The number of nitrogens with zero attached hydrogens (tertiary/aromatic N) is 1. The molecule has 0 saturated carbocycles. The van der Waals surface area contributed by atoms with Crippen molar-refractivity contribution in [2.24, 2.45) is 17.8 Å². The molecule has 0 spiro atoms. The van der Waals surface area contributed by atoms with Crippen molar-refractivity contribution in [2.45, 2.75) is 20.8 Å². The van der Waals surface area contributed by atoms with Crippen LogP contribution in [0.3, 0.4) is 0 Å². The lowest BCUT2D eigenvalue weighted by molar-refractivity contribution is 0.327. The molecule has 2 atom stereocenters. The molecule has 0 N–H and O–H groups in total. The van der Waals surface area contributed by atoms with E-state index < -0.39 is 0 Å². The zero-order valence-corrected chi connectivity index (χ0v) is 7.59. The van der Waals surface area contributed by atoms with Gasteiger partial charge in [-0.1, -0.05) is 20.8 Å². The Bertz CT molecular complexity index is 109. The second kappa shape index (κ2) is 2.91. The number of hydrogen-bond donors (Lipinski definition) is 0. The molecular weight excluding hydrogens is 122 g/mol. The highest BCUT2D eigenvalue weighted by Gasteiger charge is 2.28. The Morgan fingerprint density at radius 1 is 1.30 bits per heavy atom. The SMILES string of the molecule is CC(C)[C@@H]1CN(C)C[C@H]1C. The molecular formula is C9H19N. The Hall–Kier alpha value is -0.0400. The number of likely N-dealkylation sites (tertiary alicyclic amines) is 1. The fourth-order valence-corrected chi connectivity index (χ4v) is 2.11. The maximum Gasteiger partial charge on any atom is 0.00122 e. The molecule has 1 aliphatic rings. The molecule has 0 aromatic carbocycles. The van der Waals surface area contributed by atoms with E-state index in [2.05, 4.69) is 32.7 Å². The van der Waals surface area contributed by atoms with E-state index in [0.29, 0.717) is 0 Å². The highest BCUT2D eigenvalue weighted by atomic mass is 15.1. The lowest BCUT2D eigenvalue weighted by Crippen LogP contribution is -2.17. The summed E-state index contributed by atoms with van der Waals surface area (Å²) in [6.07, 6.45) is 0. The molecule has 0 unspecified atom stereocenters. The van der Waals surface area contributed by atoms with Crippen LogP contribution < -0.4 is 0 Å². The molecule has 1 rings (SSSR count). The summed E-state index contributed by atoms with van der Waals surface area (Å²) in [5.41, 5.74) is 0. The molecule has 0 radical (unpaired) electrons. The number of hydrogen-bond acceptors (Lipinski definition) is 1. The van der Waals surface area contributed by atoms with Gasteiger partial charge in [0.2, 0.25) is 0 Å². The zero-order valence-electron chi connectivity index (χ0n) is 7.59. The van der Waals surface area contributed by atoms with Crippen LogP contribution in [0.15, 0.2) is 0 Å². The Labute approximate surface area is 64.4 Å². The van der Waals surface area contributed by atoms with Crippen molar-refractivity contribution < 1.29 is 0 Å². The predicted octanol–water partition coefficient (Wildman–Crippen LogP) is 1.84. The van der Waals surface area contributed by atoms with Crippen molar-refractivity contribution in [2.75, 3.05) is 20.1 Å². The van der Waals surface area contributed by atoms with Crippen LogP contribution in [-0.4, -0.2) is 25.0 Å².